The molecule has 214 valence electrons. The fourth-order valence-corrected chi connectivity index (χ4v) is 5.51. The molecule has 2 atom stereocenters. The number of carbonyl (C=O) groups excluding carboxylic acids is 2. The molecule has 0 saturated carbocycles. The lowest BCUT2D eigenvalue weighted by molar-refractivity contribution is -0.139. The number of hydrogen-bond donors (Lipinski definition) is 1. The largest absolute Gasteiger partial charge is 0.497 e. The highest BCUT2D eigenvalue weighted by molar-refractivity contribution is 7.92. The number of amides is 2. The number of rotatable bonds is 12. The number of ether oxygens (including phenoxy) is 1. The van der Waals surface area contributed by atoms with Crippen molar-refractivity contribution in [3.63, 3.8) is 0 Å². The van der Waals surface area contributed by atoms with Crippen LogP contribution < -0.4 is 14.4 Å². The molecular formula is C29H33Cl2N3O5S. The fraction of sp³-hybridized carbons (Fsp3) is 0.310. The molecule has 0 saturated heterocycles. The monoisotopic (exact) mass is 605 g/mol. The minimum Gasteiger partial charge on any atom is -0.497 e. The molecule has 1 N–H and O–H groups in total. The predicted molar refractivity (Wildman–Crippen MR) is 158 cm³/mol. The topological polar surface area (TPSA) is 96.0 Å². The van der Waals surface area contributed by atoms with E-state index in [1.807, 2.05) is 13.8 Å². The van der Waals surface area contributed by atoms with E-state index in [1.54, 1.807) is 43.3 Å². The summed E-state index contributed by atoms with van der Waals surface area (Å²) < 4.78 is 33.9. The molecule has 0 spiro atoms. The van der Waals surface area contributed by atoms with Crippen LogP contribution in [-0.4, -0.2) is 50.9 Å². The van der Waals surface area contributed by atoms with Crippen molar-refractivity contribution < 1.29 is 22.7 Å². The average molecular weight is 607 g/mol. The molecule has 0 bridgehead atoms. The molecule has 3 rings (SSSR count). The number of methoxy groups -OCH3 is 1. The van der Waals surface area contributed by atoms with Crippen LogP contribution in [0.3, 0.4) is 0 Å². The Bertz CT molecular complexity index is 1400. The summed E-state index contributed by atoms with van der Waals surface area (Å²) in [6, 6.07) is 18.0. The summed E-state index contributed by atoms with van der Waals surface area (Å²) in [7, 11) is -2.72. The first-order chi connectivity index (χ1) is 19.0. The second kappa shape index (κ2) is 13.9. The van der Waals surface area contributed by atoms with Gasteiger partial charge in [-0.25, -0.2) is 8.42 Å². The smallest absolute Gasteiger partial charge is 0.264 e. The number of anilines is 1. The van der Waals surface area contributed by atoms with Crippen LogP contribution in [0.25, 0.3) is 0 Å². The van der Waals surface area contributed by atoms with Crippen LogP contribution in [0.15, 0.2) is 77.7 Å². The van der Waals surface area contributed by atoms with E-state index >= 15 is 0 Å². The van der Waals surface area contributed by atoms with Crippen molar-refractivity contribution in [2.24, 2.45) is 0 Å². The van der Waals surface area contributed by atoms with Crippen molar-refractivity contribution in [1.82, 2.24) is 10.2 Å². The summed E-state index contributed by atoms with van der Waals surface area (Å²) in [5.74, 6) is -0.412. The number of hydrogen-bond acceptors (Lipinski definition) is 5. The van der Waals surface area contributed by atoms with Gasteiger partial charge in [0.25, 0.3) is 10.0 Å². The van der Waals surface area contributed by atoms with E-state index in [9.17, 15) is 18.0 Å². The molecule has 2 amide bonds. The van der Waals surface area contributed by atoms with Crippen molar-refractivity contribution in [1.29, 1.82) is 0 Å². The molecule has 8 nitrogen and oxygen atoms in total. The lowest BCUT2D eigenvalue weighted by Crippen LogP contribution is -2.52. The fourth-order valence-electron chi connectivity index (χ4n) is 3.85. The summed E-state index contributed by atoms with van der Waals surface area (Å²) in [6.07, 6.45) is 0.716. The second-order valence-corrected chi connectivity index (χ2v) is 12.0. The first-order valence-electron chi connectivity index (χ1n) is 12.7. The predicted octanol–water partition coefficient (Wildman–Crippen LogP) is 5.53. The maximum Gasteiger partial charge on any atom is 0.264 e. The molecule has 0 aliphatic heterocycles. The normalized spacial score (nSPS) is 12.8. The highest BCUT2D eigenvalue weighted by Gasteiger charge is 2.32. The Balaban J connectivity index is 2.01. The Morgan fingerprint density at radius 1 is 0.900 bits per heavy atom. The van der Waals surface area contributed by atoms with E-state index in [-0.39, 0.29) is 29.1 Å². The van der Waals surface area contributed by atoms with Crippen molar-refractivity contribution in [3.8, 4) is 5.75 Å². The van der Waals surface area contributed by atoms with Gasteiger partial charge >= 0.3 is 0 Å². The van der Waals surface area contributed by atoms with Gasteiger partial charge < -0.3 is 15.0 Å². The van der Waals surface area contributed by atoms with Gasteiger partial charge in [0.2, 0.25) is 11.8 Å². The first-order valence-corrected chi connectivity index (χ1v) is 14.9. The molecule has 0 heterocycles. The molecule has 40 heavy (non-hydrogen) atoms. The third-order valence-corrected chi connectivity index (χ3v) is 8.77. The summed E-state index contributed by atoms with van der Waals surface area (Å²) >= 11 is 12.1. The van der Waals surface area contributed by atoms with Crippen LogP contribution in [0, 0.1) is 0 Å². The van der Waals surface area contributed by atoms with E-state index in [0.717, 1.165) is 9.87 Å². The maximum absolute atomic E-state index is 13.9. The van der Waals surface area contributed by atoms with E-state index in [1.165, 1.54) is 48.4 Å². The Kier molecular flexibility index (Phi) is 10.8. The van der Waals surface area contributed by atoms with Gasteiger partial charge in [-0.15, -0.1) is 0 Å². The van der Waals surface area contributed by atoms with Crippen LogP contribution in [0.5, 0.6) is 5.75 Å². The van der Waals surface area contributed by atoms with E-state index in [4.69, 9.17) is 27.9 Å². The molecule has 3 aromatic carbocycles. The summed E-state index contributed by atoms with van der Waals surface area (Å²) in [5.41, 5.74) is 0.980. The minimum atomic E-state index is -4.20. The van der Waals surface area contributed by atoms with Gasteiger partial charge in [0.1, 0.15) is 18.3 Å². The molecule has 0 aliphatic carbocycles. The molecule has 0 fully saturated rings. The zero-order valence-electron chi connectivity index (χ0n) is 22.8. The van der Waals surface area contributed by atoms with Crippen molar-refractivity contribution in [2.75, 3.05) is 18.0 Å². The number of carbonyl (C=O) groups is 2. The highest BCUT2D eigenvalue weighted by atomic mass is 35.5. The summed E-state index contributed by atoms with van der Waals surface area (Å²) in [4.78, 5) is 28.3. The molecule has 0 aliphatic rings. The van der Waals surface area contributed by atoms with Gasteiger partial charge in [-0.1, -0.05) is 42.3 Å². The van der Waals surface area contributed by atoms with Crippen LogP contribution in [-0.2, 0) is 26.2 Å². The maximum atomic E-state index is 13.9. The lowest BCUT2D eigenvalue weighted by Gasteiger charge is -2.32. The highest BCUT2D eigenvalue weighted by Crippen LogP contribution is 2.27. The molecule has 3 aromatic rings. The molecule has 0 aromatic heterocycles. The Hall–Kier alpha value is -3.27. The first kappa shape index (κ1) is 31.3. The third-order valence-electron chi connectivity index (χ3n) is 6.48. The Morgan fingerprint density at radius 2 is 1.45 bits per heavy atom. The van der Waals surface area contributed by atoms with E-state index < -0.39 is 28.5 Å². The number of nitrogens with zero attached hydrogens (tertiary/aromatic N) is 2. The summed E-state index contributed by atoms with van der Waals surface area (Å²) in [6.45, 7) is 4.96. The number of halogens is 2. The van der Waals surface area contributed by atoms with Gasteiger partial charge in [0.15, 0.2) is 0 Å². The minimum absolute atomic E-state index is 0.0251. The molecular weight excluding hydrogens is 573 g/mol. The third kappa shape index (κ3) is 7.90. The lowest BCUT2D eigenvalue weighted by atomic mass is 10.1. The Labute approximate surface area is 245 Å². The zero-order chi connectivity index (χ0) is 29.4. The number of sulfonamides is 1. The van der Waals surface area contributed by atoms with Crippen LogP contribution in [0.4, 0.5) is 5.69 Å². The Morgan fingerprint density at radius 3 is 1.98 bits per heavy atom. The van der Waals surface area contributed by atoms with Gasteiger partial charge in [0, 0.05) is 22.6 Å². The van der Waals surface area contributed by atoms with Gasteiger partial charge in [-0.3, -0.25) is 13.9 Å². The number of benzene rings is 3. The zero-order valence-corrected chi connectivity index (χ0v) is 25.1. The van der Waals surface area contributed by atoms with Gasteiger partial charge in [0.05, 0.1) is 17.7 Å². The van der Waals surface area contributed by atoms with Crippen LogP contribution in [0.2, 0.25) is 10.0 Å². The van der Waals surface area contributed by atoms with Crippen molar-refractivity contribution in [3.05, 3.63) is 88.4 Å². The van der Waals surface area contributed by atoms with Crippen molar-refractivity contribution >= 4 is 50.7 Å². The van der Waals surface area contributed by atoms with Gasteiger partial charge in [-0.05, 0) is 86.5 Å². The number of nitrogens with one attached hydrogen (secondary N) is 1. The quantitative estimate of drug-likeness (QED) is 0.293. The van der Waals surface area contributed by atoms with Crippen LogP contribution in [0.1, 0.15) is 32.8 Å². The van der Waals surface area contributed by atoms with E-state index in [0.29, 0.717) is 22.2 Å². The van der Waals surface area contributed by atoms with Crippen LogP contribution >= 0.6 is 23.2 Å². The molecule has 11 heteroatoms. The SMILES string of the molecule is CC[C@@H](C)NC(=O)[C@H](C)N(Cc1ccc(Cl)cc1)C(=O)CN(c1ccc(Cl)cc1)S(=O)(=O)c1ccc(OC)cc1. The second-order valence-electron chi connectivity index (χ2n) is 9.31. The molecule has 0 unspecified atom stereocenters. The van der Waals surface area contributed by atoms with E-state index in [2.05, 4.69) is 5.32 Å². The molecule has 0 radical (unpaired) electrons. The standard InChI is InChI=1S/C29H33Cl2N3O5S/c1-5-20(2)32-29(36)21(3)33(18-22-6-8-23(30)9-7-22)28(35)19-34(25-12-10-24(31)11-13-25)40(37,38)27-16-14-26(39-4)15-17-27/h6-17,20-21H,5,18-19H2,1-4H3,(H,32,36)/t20-,21+/m1/s1. The average Bonchev–Trinajstić information content (AvgIpc) is 2.95. The van der Waals surface area contributed by atoms with Gasteiger partial charge in [-0.2, -0.15) is 0 Å². The van der Waals surface area contributed by atoms with Crippen molar-refractivity contribution in [2.45, 2.75) is 50.7 Å². The summed E-state index contributed by atoms with van der Waals surface area (Å²) in [5, 5.41) is 3.85.